The molecule has 2 saturated heterocycles. The molecule has 0 unspecified atom stereocenters. The van der Waals surface area contributed by atoms with Gasteiger partial charge in [-0.05, 0) is 0 Å². The predicted molar refractivity (Wildman–Crippen MR) is 68.6 cm³/mol. The van der Waals surface area contributed by atoms with Crippen molar-refractivity contribution < 1.29 is 55.1 Å². The first-order valence-electron chi connectivity index (χ1n) is 7.08. The van der Waals surface area contributed by atoms with Gasteiger partial charge in [-0.1, -0.05) is 0 Å². The van der Waals surface area contributed by atoms with Crippen LogP contribution in [0.25, 0.3) is 0 Å². The minimum Gasteiger partial charge on any atom is -0.394 e. The Morgan fingerprint density at radius 3 is 1.74 bits per heavy atom. The third kappa shape index (κ3) is 3.65. The summed E-state index contributed by atoms with van der Waals surface area (Å²) in [6, 6.07) is 0. The molecule has 10 atom stereocenters. The van der Waals surface area contributed by atoms with Gasteiger partial charge in [0.1, 0.15) is 48.8 Å². The summed E-state index contributed by atoms with van der Waals surface area (Å²) < 4.78 is 15.1. The standard InChI is InChI=1S/C12H22O11/c13-1-3-6(16)8(18)10(11(20)21-3)23-12-9(19)7(17)5(15)4(2-14)22-12/h3-20H,1-2H2/t3-,4-,5-,6+,7+,8+,9-,10-,11-,12+/m1/s1. The quantitative estimate of drug-likeness (QED) is 0.243. The summed E-state index contributed by atoms with van der Waals surface area (Å²) in [4.78, 5) is 0. The fraction of sp³-hybridized carbons (Fsp3) is 1.00. The van der Waals surface area contributed by atoms with Gasteiger partial charge in [0.15, 0.2) is 12.6 Å². The second-order valence-electron chi connectivity index (χ2n) is 5.53. The molecule has 2 fully saturated rings. The normalized spacial score (nSPS) is 51.7. The molecule has 0 radical (unpaired) electrons. The third-order valence-corrected chi connectivity index (χ3v) is 3.98. The van der Waals surface area contributed by atoms with Gasteiger partial charge in [0.05, 0.1) is 13.2 Å². The van der Waals surface area contributed by atoms with Gasteiger partial charge in [0.25, 0.3) is 0 Å². The molecule has 2 aliphatic heterocycles. The van der Waals surface area contributed by atoms with Crippen molar-refractivity contribution in [2.75, 3.05) is 13.2 Å². The molecule has 0 aromatic carbocycles. The molecule has 8 N–H and O–H groups in total. The molecule has 0 spiro atoms. The van der Waals surface area contributed by atoms with Crippen molar-refractivity contribution in [1.82, 2.24) is 0 Å². The van der Waals surface area contributed by atoms with E-state index in [-0.39, 0.29) is 0 Å². The van der Waals surface area contributed by atoms with E-state index in [2.05, 4.69) is 0 Å². The zero-order valence-electron chi connectivity index (χ0n) is 12.0. The van der Waals surface area contributed by atoms with Gasteiger partial charge in [-0.3, -0.25) is 0 Å². The van der Waals surface area contributed by atoms with Crippen molar-refractivity contribution >= 4 is 0 Å². The molecule has 0 saturated carbocycles. The molecule has 2 aliphatic rings. The Kier molecular flexibility index (Phi) is 6.27. The molecule has 136 valence electrons. The number of hydrogen-bond donors (Lipinski definition) is 8. The maximum atomic E-state index is 9.94. The van der Waals surface area contributed by atoms with Gasteiger partial charge < -0.3 is 55.1 Å². The fourth-order valence-electron chi connectivity index (χ4n) is 2.55. The summed E-state index contributed by atoms with van der Waals surface area (Å²) in [5.41, 5.74) is 0. The number of ether oxygens (including phenoxy) is 3. The highest BCUT2D eigenvalue weighted by Crippen LogP contribution is 2.28. The largest absolute Gasteiger partial charge is 0.394 e. The Hall–Kier alpha value is -0.440. The smallest absolute Gasteiger partial charge is 0.187 e. The molecule has 0 amide bonds. The molecular formula is C12H22O11. The van der Waals surface area contributed by atoms with Gasteiger partial charge in [0.2, 0.25) is 0 Å². The Balaban J connectivity index is 2.08. The first kappa shape index (κ1) is 18.9. The van der Waals surface area contributed by atoms with E-state index < -0.39 is 74.6 Å². The van der Waals surface area contributed by atoms with Crippen LogP contribution in [0.5, 0.6) is 0 Å². The zero-order chi connectivity index (χ0) is 17.3. The molecule has 2 heterocycles. The van der Waals surface area contributed by atoms with E-state index in [4.69, 9.17) is 24.4 Å². The topological polar surface area (TPSA) is 190 Å². The Labute approximate surface area is 130 Å². The molecule has 11 nitrogen and oxygen atoms in total. The van der Waals surface area contributed by atoms with Crippen molar-refractivity contribution in [3.05, 3.63) is 0 Å². The average molecular weight is 342 g/mol. The van der Waals surface area contributed by atoms with E-state index in [9.17, 15) is 30.6 Å². The minimum absolute atomic E-state index is 0.651. The summed E-state index contributed by atoms with van der Waals surface area (Å²) in [6.45, 7) is -1.33. The van der Waals surface area contributed by atoms with Crippen LogP contribution in [0.3, 0.4) is 0 Å². The highest BCUT2D eigenvalue weighted by atomic mass is 16.7. The summed E-state index contributed by atoms with van der Waals surface area (Å²) in [5, 5.41) is 76.7. The summed E-state index contributed by atoms with van der Waals surface area (Å²) in [7, 11) is 0. The molecular weight excluding hydrogens is 320 g/mol. The van der Waals surface area contributed by atoms with E-state index in [1.54, 1.807) is 0 Å². The molecule has 23 heavy (non-hydrogen) atoms. The lowest BCUT2D eigenvalue weighted by atomic mass is 9.97. The van der Waals surface area contributed by atoms with Crippen LogP contribution < -0.4 is 0 Å². The van der Waals surface area contributed by atoms with Crippen LogP contribution in [-0.2, 0) is 14.2 Å². The third-order valence-electron chi connectivity index (χ3n) is 3.98. The molecule has 11 heteroatoms. The Morgan fingerprint density at radius 1 is 0.652 bits per heavy atom. The SMILES string of the molecule is OC[C@H]1O[C@@H](O)[C@H](O[C@@H]2O[C@H](CO)[C@@H](O)[C@H](O)[C@H]2O)[C@@H](O)[C@H]1O. The van der Waals surface area contributed by atoms with Gasteiger partial charge in [-0.2, -0.15) is 0 Å². The Morgan fingerprint density at radius 2 is 1.17 bits per heavy atom. The second kappa shape index (κ2) is 7.63. The van der Waals surface area contributed by atoms with E-state index in [0.29, 0.717) is 0 Å². The van der Waals surface area contributed by atoms with Crippen LogP contribution in [0.1, 0.15) is 0 Å². The fourth-order valence-corrected chi connectivity index (χ4v) is 2.55. The Bertz CT molecular complexity index is 380. The number of aliphatic hydroxyl groups excluding tert-OH is 8. The van der Waals surface area contributed by atoms with E-state index in [0.717, 1.165) is 0 Å². The van der Waals surface area contributed by atoms with Crippen molar-refractivity contribution in [2.24, 2.45) is 0 Å². The summed E-state index contributed by atoms with van der Waals surface area (Å²) >= 11 is 0. The number of hydrogen-bond acceptors (Lipinski definition) is 11. The average Bonchev–Trinajstić information content (AvgIpc) is 2.54. The van der Waals surface area contributed by atoms with E-state index in [1.165, 1.54) is 0 Å². The van der Waals surface area contributed by atoms with Crippen LogP contribution in [0.4, 0.5) is 0 Å². The lowest BCUT2D eigenvalue weighted by Gasteiger charge is -2.44. The van der Waals surface area contributed by atoms with Crippen molar-refractivity contribution in [2.45, 2.75) is 61.4 Å². The lowest BCUT2D eigenvalue weighted by Crippen LogP contribution is -2.64. The second-order valence-corrected chi connectivity index (χ2v) is 5.53. The highest BCUT2D eigenvalue weighted by molar-refractivity contribution is 4.93. The van der Waals surface area contributed by atoms with Gasteiger partial charge >= 0.3 is 0 Å². The number of rotatable bonds is 4. The maximum absolute atomic E-state index is 9.94. The monoisotopic (exact) mass is 342 g/mol. The van der Waals surface area contributed by atoms with E-state index in [1.807, 2.05) is 0 Å². The van der Waals surface area contributed by atoms with Crippen LogP contribution in [-0.4, -0.2) is 115 Å². The molecule has 0 aromatic heterocycles. The zero-order valence-corrected chi connectivity index (χ0v) is 12.0. The van der Waals surface area contributed by atoms with E-state index >= 15 is 0 Å². The van der Waals surface area contributed by atoms with Gasteiger partial charge in [-0.25, -0.2) is 0 Å². The predicted octanol–water partition coefficient (Wildman–Crippen LogP) is -5.40. The molecule has 0 bridgehead atoms. The van der Waals surface area contributed by atoms with Crippen LogP contribution in [0, 0.1) is 0 Å². The molecule has 0 aliphatic carbocycles. The minimum atomic E-state index is -1.75. The molecule has 2 rings (SSSR count). The van der Waals surface area contributed by atoms with Crippen molar-refractivity contribution in [1.29, 1.82) is 0 Å². The molecule has 0 aromatic rings. The van der Waals surface area contributed by atoms with Crippen LogP contribution in [0.2, 0.25) is 0 Å². The summed E-state index contributed by atoms with van der Waals surface area (Å²) in [5.74, 6) is 0. The first-order chi connectivity index (χ1) is 10.8. The maximum Gasteiger partial charge on any atom is 0.187 e. The van der Waals surface area contributed by atoms with Crippen molar-refractivity contribution in [3.63, 3.8) is 0 Å². The number of aliphatic hydroxyl groups is 8. The van der Waals surface area contributed by atoms with Crippen LogP contribution in [0.15, 0.2) is 0 Å². The first-order valence-corrected chi connectivity index (χ1v) is 7.08. The van der Waals surface area contributed by atoms with Gasteiger partial charge in [-0.15, -0.1) is 0 Å². The van der Waals surface area contributed by atoms with Crippen LogP contribution >= 0.6 is 0 Å². The lowest BCUT2D eigenvalue weighted by molar-refractivity contribution is -0.361. The summed E-state index contributed by atoms with van der Waals surface area (Å²) in [6.07, 6.45) is -15.6. The van der Waals surface area contributed by atoms with Crippen molar-refractivity contribution in [3.8, 4) is 0 Å². The van der Waals surface area contributed by atoms with Gasteiger partial charge in [0, 0.05) is 0 Å². The highest BCUT2D eigenvalue weighted by Gasteiger charge is 2.50.